The quantitative estimate of drug-likeness (QED) is 0.754. The smallest absolute Gasteiger partial charge is 0.193 e. The molecule has 3 rings (SSSR count). The van der Waals surface area contributed by atoms with Crippen molar-refractivity contribution in [3.8, 4) is 0 Å². The lowest BCUT2D eigenvalue weighted by molar-refractivity contribution is 0.626. The molecule has 0 saturated heterocycles. The number of aromatic nitrogens is 4. The molecule has 0 spiro atoms. The summed E-state index contributed by atoms with van der Waals surface area (Å²) in [5.41, 5.74) is 9.14. The molecule has 1 aliphatic heterocycles. The fraction of sp³-hybridized carbons (Fsp3) is 0.364. The molecule has 6 nitrogen and oxygen atoms in total. The predicted molar refractivity (Wildman–Crippen MR) is 64.4 cm³/mol. The molecule has 2 N–H and O–H groups in total. The Hall–Kier alpha value is -2.11. The molecule has 2 heterocycles. The normalized spacial score (nSPS) is 14.1. The molecular weight excluding hydrogens is 216 g/mol. The van der Waals surface area contributed by atoms with Crippen molar-refractivity contribution in [3.63, 3.8) is 0 Å². The molecule has 1 aliphatic rings. The van der Waals surface area contributed by atoms with E-state index in [1.165, 1.54) is 16.0 Å². The highest BCUT2D eigenvalue weighted by atomic mass is 15.6. The summed E-state index contributed by atoms with van der Waals surface area (Å²) in [5.74, 6) is 0.739. The Morgan fingerprint density at radius 3 is 3.06 bits per heavy atom. The van der Waals surface area contributed by atoms with Crippen LogP contribution < -0.4 is 10.6 Å². The number of nitrogens with zero attached hydrogens (tertiary/aromatic N) is 5. The van der Waals surface area contributed by atoms with Gasteiger partial charge >= 0.3 is 0 Å². The van der Waals surface area contributed by atoms with Crippen LogP contribution in [-0.4, -0.2) is 26.8 Å². The Balaban J connectivity index is 1.86. The number of aryl methyl sites for hydroxylation is 1. The van der Waals surface area contributed by atoms with Gasteiger partial charge in [-0.3, -0.25) is 0 Å². The summed E-state index contributed by atoms with van der Waals surface area (Å²) in [6.07, 6.45) is 1.05. The van der Waals surface area contributed by atoms with Gasteiger partial charge in [0.25, 0.3) is 0 Å². The minimum absolute atomic E-state index is 0.685. The number of benzene rings is 1. The topological polar surface area (TPSA) is 72.9 Å². The van der Waals surface area contributed by atoms with E-state index in [0.29, 0.717) is 6.54 Å². The van der Waals surface area contributed by atoms with Gasteiger partial charge in [0.1, 0.15) is 0 Å². The van der Waals surface area contributed by atoms with E-state index in [1.54, 1.807) is 7.05 Å². The molecule has 0 saturated carbocycles. The van der Waals surface area contributed by atoms with Crippen LogP contribution in [0.15, 0.2) is 18.2 Å². The Bertz CT molecular complexity index is 547. The Morgan fingerprint density at radius 2 is 2.29 bits per heavy atom. The van der Waals surface area contributed by atoms with Crippen molar-refractivity contribution in [1.29, 1.82) is 0 Å². The molecular formula is C11H14N6. The van der Waals surface area contributed by atoms with Gasteiger partial charge in [-0.2, -0.15) is 4.80 Å². The van der Waals surface area contributed by atoms with Gasteiger partial charge in [0.15, 0.2) is 5.82 Å². The summed E-state index contributed by atoms with van der Waals surface area (Å²) in [7, 11) is 1.77. The monoisotopic (exact) mass is 230 g/mol. The maximum absolute atomic E-state index is 5.82. The van der Waals surface area contributed by atoms with Crippen molar-refractivity contribution < 1.29 is 0 Å². The first kappa shape index (κ1) is 10.1. The average Bonchev–Trinajstić information content (AvgIpc) is 2.87. The first-order chi connectivity index (χ1) is 8.22. The van der Waals surface area contributed by atoms with Crippen LogP contribution in [0, 0.1) is 0 Å². The van der Waals surface area contributed by atoms with Crippen molar-refractivity contribution in [2.45, 2.75) is 13.0 Å². The second-order valence-electron chi connectivity index (χ2n) is 4.25. The van der Waals surface area contributed by atoms with Crippen LogP contribution in [0.4, 0.5) is 11.4 Å². The maximum atomic E-state index is 5.82. The largest absolute Gasteiger partial charge is 0.399 e. The first-order valence-corrected chi connectivity index (χ1v) is 5.58. The van der Waals surface area contributed by atoms with E-state index in [1.807, 2.05) is 12.1 Å². The van der Waals surface area contributed by atoms with E-state index in [-0.39, 0.29) is 0 Å². The maximum Gasteiger partial charge on any atom is 0.193 e. The van der Waals surface area contributed by atoms with Crippen LogP contribution in [-0.2, 0) is 20.0 Å². The molecule has 6 heteroatoms. The van der Waals surface area contributed by atoms with Crippen molar-refractivity contribution in [2.75, 3.05) is 17.2 Å². The molecule has 0 unspecified atom stereocenters. The highest BCUT2D eigenvalue weighted by Crippen LogP contribution is 2.30. The Labute approximate surface area is 99.0 Å². The van der Waals surface area contributed by atoms with Crippen molar-refractivity contribution in [3.05, 3.63) is 29.6 Å². The second kappa shape index (κ2) is 3.73. The van der Waals surface area contributed by atoms with Crippen molar-refractivity contribution >= 4 is 11.4 Å². The van der Waals surface area contributed by atoms with E-state index in [4.69, 9.17) is 5.73 Å². The predicted octanol–water partition coefficient (Wildman–Crippen LogP) is 0.355. The number of fused-ring (bicyclic) bond motifs is 1. The Morgan fingerprint density at radius 1 is 1.41 bits per heavy atom. The van der Waals surface area contributed by atoms with Crippen molar-refractivity contribution in [2.24, 2.45) is 7.05 Å². The molecule has 0 bridgehead atoms. The number of tetrazole rings is 1. The van der Waals surface area contributed by atoms with Crippen LogP contribution in [0.3, 0.4) is 0 Å². The third-order valence-corrected chi connectivity index (χ3v) is 2.98. The molecule has 17 heavy (non-hydrogen) atoms. The van der Waals surface area contributed by atoms with Gasteiger partial charge in [0.2, 0.25) is 0 Å². The summed E-state index contributed by atoms with van der Waals surface area (Å²) in [6, 6.07) is 6.05. The lowest BCUT2D eigenvalue weighted by Gasteiger charge is -2.17. The van der Waals surface area contributed by atoms with E-state index in [9.17, 15) is 0 Å². The number of anilines is 2. The second-order valence-corrected chi connectivity index (χ2v) is 4.25. The molecule has 0 atom stereocenters. The minimum Gasteiger partial charge on any atom is -0.399 e. The molecule has 1 aromatic heterocycles. The van der Waals surface area contributed by atoms with Crippen LogP contribution in [0.2, 0.25) is 0 Å². The zero-order chi connectivity index (χ0) is 11.8. The van der Waals surface area contributed by atoms with E-state index in [2.05, 4.69) is 26.4 Å². The van der Waals surface area contributed by atoms with Gasteiger partial charge in [-0.05, 0) is 29.3 Å². The lowest BCUT2D eigenvalue weighted by atomic mass is 10.1. The molecule has 2 aromatic rings. The molecule has 0 radical (unpaired) electrons. The number of rotatable bonds is 2. The number of hydrogen-bond donors (Lipinski definition) is 1. The molecule has 88 valence electrons. The van der Waals surface area contributed by atoms with Crippen LogP contribution >= 0.6 is 0 Å². The zero-order valence-electron chi connectivity index (χ0n) is 9.67. The Kier molecular flexibility index (Phi) is 2.21. The summed E-state index contributed by atoms with van der Waals surface area (Å²) < 4.78 is 0. The number of nitrogens with two attached hydrogens (primary N) is 1. The van der Waals surface area contributed by atoms with Gasteiger partial charge in [-0.25, -0.2) is 0 Å². The lowest BCUT2D eigenvalue weighted by Crippen LogP contribution is -2.20. The van der Waals surface area contributed by atoms with Crippen LogP contribution in [0.5, 0.6) is 0 Å². The summed E-state index contributed by atoms with van der Waals surface area (Å²) in [5, 5.41) is 12.0. The molecule has 0 amide bonds. The summed E-state index contributed by atoms with van der Waals surface area (Å²) >= 11 is 0. The van der Waals surface area contributed by atoms with Gasteiger partial charge in [0.05, 0.1) is 13.6 Å². The molecule has 1 aromatic carbocycles. The minimum atomic E-state index is 0.685. The molecule has 0 fully saturated rings. The highest BCUT2D eigenvalue weighted by Gasteiger charge is 2.20. The van der Waals surface area contributed by atoms with Gasteiger partial charge < -0.3 is 10.6 Å². The first-order valence-electron chi connectivity index (χ1n) is 5.58. The average molecular weight is 230 g/mol. The van der Waals surface area contributed by atoms with E-state index < -0.39 is 0 Å². The van der Waals surface area contributed by atoms with Gasteiger partial charge in [-0.1, -0.05) is 6.07 Å². The van der Waals surface area contributed by atoms with Gasteiger partial charge in [0, 0.05) is 17.9 Å². The molecule has 0 aliphatic carbocycles. The van der Waals surface area contributed by atoms with Gasteiger partial charge in [-0.15, -0.1) is 10.2 Å². The third-order valence-electron chi connectivity index (χ3n) is 2.98. The van der Waals surface area contributed by atoms with Crippen LogP contribution in [0.25, 0.3) is 0 Å². The summed E-state index contributed by atoms with van der Waals surface area (Å²) in [4.78, 5) is 3.72. The fourth-order valence-corrected chi connectivity index (χ4v) is 2.18. The van der Waals surface area contributed by atoms with E-state index in [0.717, 1.165) is 24.5 Å². The SMILES string of the molecule is Cn1nnc(CN2CCc3ccc(N)cc32)n1. The van der Waals surface area contributed by atoms with Crippen LogP contribution in [0.1, 0.15) is 11.4 Å². The number of hydrogen-bond acceptors (Lipinski definition) is 5. The van der Waals surface area contributed by atoms with E-state index >= 15 is 0 Å². The number of nitrogen functional groups attached to an aromatic ring is 1. The standard InChI is InChI=1S/C11H14N6/c1-16-14-11(13-15-16)7-17-5-4-8-2-3-9(12)6-10(8)17/h2-3,6H,4-5,7,12H2,1H3. The zero-order valence-corrected chi connectivity index (χ0v) is 9.67. The van der Waals surface area contributed by atoms with Crippen molar-refractivity contribution in [1.82, 2.24) is 20.2 Å². The highest BCUT2D eigenvalue weighted by molar-refractivity contribution is 5.64. The fourth-order valence-electron chi connectivity index (χ4n) is 2.18. The third kappa shape index (κ3) is 1.82. The summed E-state index contributed by atoms with van der Waals surface area (Å²) in [6.45, 7) is 1.67.